The average molecular weight is 222 g/mol. The Hall–Kier alpha value is -1.91. The van der Waals surface area contributed by atoms with Crippen LogP contribution >= 0.6 is 0 Å². The standard InChI is InChI=1S/C11H10O5/c12-8-6(11(3-4-11)10(13)14)1-2-7-9(8)16-5-15-7/h1-2,12H,3-5H2,(H,13,14). The lowest BCUT2D eigenvalue weighted by molar-refractivity contribution is -0.140. The molecule has 5 nitrogen and oxygen atoms in total. The van der Waals surface area contributed by atoms with E-state index in [1.165, 1.54) is 0 Å². The van der Waals surface area contributed by atoms with Crippen LogP contribution in [0, 0.1) is 0 Å². The third kappa shape index (κ3) is 1.02. The van der Waals surface area contributed by atoms with Gasteiger partial charge in [0.1, 0.15) is 0 Å². The molecule has 1 aliphatic carbocycles. The summed E-state index contributed by atoms with van der Waals surface area (Å²) >= 11 is 0. The Morgan fingerprint density at radius 3 is 2.69 bits per heavy atom. The molecule has 0 bridgehead atoms. The Morgan fingerprint density at radius 2 is 2.06 bits per heavy atom. The summed E-state index contributed by atoms with van der Waals surface area (Å²) in [5.74, 6) is -0.288. The summed E-state index contributed by atoms with van der Waals surface area (Å²) in [6, 6.07) is 3.24. The molecule has 2 aliphatic rings. The van der Waals surface area contributed by atoms with E-state index in [-0.39, 0.29) is 18.3 Å². The molecule has 0 unspecified atom stereocenters. The Labute approximate surface area is 91.2 Å². The van der Waals surface area contributed by atoms with Crippen LogP contribution in [-0.4, -0.2) is 23.0 Å². The first kappa shape index (κ1) is 9.33. The third-order valence-electron chi connectivity index (χ3n) is 3.19. The Morgan fingerprint density at radius 1 is 1.31 bits per heavy atom. The van der Waals surface area contributed by atoms with Gasteiger partial charge < -0.3 is 19.7 Å². The van der Waals surface area contributed by atoms with Crippen LogP contribution in [0.4, 0.5) is 0 Å². The summed E-state index contributed by atoms with van der Waals surface area (Å²) in [5, 5.41) is 19.1. The van der Waals surface area contributed by atoms with Crippen LogP contribution in [-0.2, 0) is 10.2 Å². The van der Waals surface area contributed by atoms with Crippen LogP contribution in [0.25, 0.3) is 0 Å². The van der Waals surface area contributed by atoms with Crippen molar-refractivity contribution in [3.8, 4) is 17.2 Å². The summed E-state index contributed by atoms with van der Waals surface area (Å²) in [6.45, 7) is 0.0619. The van der Waals surface area contributed by atoms with Crippen molar-refractivity contribution in [2.75, 3.05) is 6.79 Å². The van der Waals surface area contributed by atoms with E-state index in [9.17, 15) is 9.90 Å². The van der Waals surface area contributed by atoms with Gasteiger partial charge in [0.05, 0.1) is 5.41 Å². The van der Waals surface area contributed by atoms with Gasteiger partial charge in [0, 0.05) is 5.56 Å². The highest BCUT2D eigenvalue weighted by Crippen LogP contribution is 2.55. The summed E-state index contributed by atoms with van der Waals surface area (Å²) < 4.78 is 10.2. The lowest BCUT2D eigenvalue weighted by Crippen LogP contribution is -2.19. The van der Waals surface area contributed by atoms with E-state index in [0.29, 0.717) is 24.2 Å². The van der Waals surface area contributed by atoms with Gasteiger partial charge in [0.25, 0.3) is 0 Å². The monoisotopic (exact) mass is 222 g/mol. The van der Waals surface area contributed by atoms with E-state index in [4.69, 9.17) is 14.6 Å². The molecule has 0 aromatic heterocycles. The number of aliphatic carboxylic acids is 1. The van der Waals surface area contributed by atoms with E-state index in [0.717, 1.165) is 0 Å². The highest BCUT2D eigenvalue weighted by atomic mass is 16.7. The minimum Gasteiger partial charge on any atom is -0.504 e. The second-order valence-electron chi connectivity index (χ2n) is 4.08. The van der Waals surface area contributed by atoms with Gasteiger partial charge in [-0.3, -0.25) is 4.79 Å². The lowest BCUT2D eigenvalue weighted by atomic mass is 9.94. The summed E-state index contributed by atoms with van der Waals surface area (Å²) in [4.78, 5) is 11.2. The highest BCUT2D eigenvalue weighted by Gasteiger charge is 2.54. The molecule has 2 N–H and O–H groups in total. The third-order valence-corrected chi connectivity index (χ3v) is 3.19. The molecule has 1 aromatic carbocycles. The van der Waals surface area contributed by atoms with Crippen molar-refractivity contribution in [1.29, 1.82) is 0 Å². The zero-order valence-corrected chi connectivity index (χ0v) is 8.40. The molecule has 5 heteroatoms. The molecule has 1 saturated carbocycles. The molecule has 0 spiro atoms. The largest absolute Gasteiger partial charge is 0.504 e. The van der Waals surface area contributed by atoms with Gasteiger partial charge >= 0.3 is 5.97 Å². The smallest absolute Gasteiger partial charge is 0.314 e. The fourth-order valence-electron chi connectivity index (χ4n) is 2.07. The number of rotatable bonds is 2. The Kier molecular flexibility index (Phi) is 1.64. The van der Waals surface area contributed by atoms with Gasteiger partial charge in [-0.25, -0.2) is 0 Å². The fourth-order valence-corrected chi connectivity index (χ4v) is 2.07. The molecule has 84 valence electrons. The number of hydrogen-bond acceptors (Lipinski definition) is 4. The molecule has 0 atom stereocenters. The molecule has 16 heavy (non-hydrogen) atoms. The number of hydrogen-bond donors (Lipinski definition) is 2. The van der Waals surface area contributed by atoms with E-state index in [1.54, 1.807) is 12.1 Å². The average Bonchev–Trinajstić information content (AvgIpc) is 2.90. The molecule has 0 radical (unpaired) electrons. The van der Waals surface area contributed by atoms with Crippen LogP contribution in [0.2, 0.25) is 0 Å². The minimum absolute atomic E-state index is 0.0619. The quantitative estimate of drug-likeness (QED) is 0.787. The summed E-state index contributed by atoms with van der Waals surface area (Å²) in [6.07, 6.45) is 1.10. The summed E-state index contributed by atoms with van der Waals surface area (Å²) in [5.41, 5.74) is -0.505. The van der Waals surface area contributed by atoms with Crippen LogP contribution in [0.1, 0.15) is 18.4 Å². The maximum absolute atomic E-state index is 11.2. The predicted octanol–water partition coefficient (Wildman–Crippen LogP) is 1.24. The number of carboxylic acid groups (broad SMARTS) is 1. The number of ether oxygens (including phenoxy) is 2. The first-order chi connectivity index (χ1) is 7.65. The van der Waals surface area contributed by atoms with Crippen molar-refractivity contribution >= 4 is 5.97 Å². The number of phenols is 1. The molecular formula is C11H10O5. The van der Waals surface area contributed by atoms with Gasteiger partial charge in [0.2, 0.25) is 12.5 Å². The molecule has 1 aromatic rings. The maximum atomic E-state index is 11.2. The summed E-state index contributed by atoms with van der Waals surface area (Å²) in [7, 11) is 0. The molecule has 0 saturated heterocycles. The van der Waals surface area contributed by atoms with Gasteiger partial charge in [-0.15, -0.1) is 0 Å². The molecular weight excluding hydrogens is 212 g/mol. The molecule has 1 heterocycles. The number of aromatic hydroxyl groups is 1. The second kappa shape index (κ2) is 2.81. The van der Waals surface area contributed by atoms with Crippen molar-refractivity contribution in [3.05, 3.63) is 17.7 Å². The lowest BCUT2D eigenvalue weighted by Gasteiger charge is -2.13. The number of benzene rings is 1. The maximum Gasteiger partial charge on any atom is 0.314 e. The van der Waals surface area contributed by atoms with Crippen LogP contribution < -0.4 is 9.47 Å². The topological polar surface area (TPSA) is 76.0 Å². The molecule has 3 rings (SSSR count). The first-order valence-corrected chi connectivity index (χ1v) is 5.00. The second-order valence-corrected chi connectivity index (χ2v) is 4.08. The number of carbonyl (C=O) groups is 1. The van der Waals surface area contributed by atoms with Crippen molar-refractivity contribution < 1.29 is 24.5 Å². The van der Waals surface area contributed by atoms with Gasteiger partial charge in [-0.05, 0) is 18.9 Å². The Bertz CT molecular complexity index is 476. The normalized spacial score (nSPS) is 19.5. The van der Waals surface area contributed by atoms with Gasteiger partial charge in [0.15, 0.2) is 11.5 Å². The molecule has 0 amide bonds. The molecule has 1 aliphatic heterocycles. The van der Waals surface area contributed by atoms with Crippen molar-refractivity contribution in [2.45, 2.75) is 18.3 Å². The highest BCUT2D eigenvalue weighted by molar-refractivity contribution is 5.86. The zero-order chi connectivity index (χ0) is 11.3. The van der Waals surface area contributed by atoms with Crippen LogP contribution in [0.15, 0.2) is 12.1 Å². The van der Waals surface area contributed by atoms with Gasteiger partial charge in [-0.1, -0.05) is 6.07 Å². The number of fused-ring (bicyclic) bond motifs is 1. The zero-order valence-electron chi connectivity index (χ0n) is 8.40. The minimum atomic E-state index is -0.926. The van der Waals surface area contributed by atoms with Gasteiger partial charge in [-0.2, -0.15) is 0 Å². The van der Waals surface area contributed by atoms with Crippen molar-refractivity contribution in [1.82, 2.24) is 0 Å². The van der Waals surface area contributed by atoms with Crippen molar-refractivity contribution in [3.63, 3.8) is 0 Å². The van der Waals surface area contributed by atoms with E-state index < -0.39 is 11.4 Å². The molecule has 1 fully saturated rings. The SMILES string of the molecule is O=C(O)C1(c2ccc3c(c2O)OCO3)CC1. The van der Waals surface area contributed by atoms with Crippen LogP contribution in [0.5, 0.6) is 17.2 Å². The van der Waals surface area contributed by atoms with Crippen LogP contribution in [0.3, 0.4) is 0 Å². The first-order valence-electron chi connectivity index (χ1n) is 5.00. The number of carboxylic acids is 1. The predicted molar refractivity (Wildman–Crippen MR) is 52.8 cm³/mol. The van der Waals surface area contributed by atoms with E-state index in [1.807, 2.05) is 0 Å². The Balaban J connectivity index is 2.13. The fraction of sp³-hybridized carbons (Fsp3) is 0.364. The van der Waals surface area contributed by atoms with E-state index >= 15 is 0 Å². The van der Waals surface area contributed by atoms with Crippen molar-refractivity contribution in [2.24, 2.45) is 0 Å². The van der Waals surface area contributed by atoms with E-state index in [2.05, 4.69) is 0 Å². The number of phenolic OH excluding ortho intramolecular Hbond substituents is 1.